The van der Waals surface area contributed by atoms with Gasteiger partial charge in [-0.1, -0.05) is 72.0 Å². The highest BCUT2D eigenvalue weighted by Gasteiger charge is 2.10. The quantitative estimate of drug-likeness (QED) is 0.551. The van der Waals surface area contributed by atoms with Crippen molar-refractivity contribution in [3.05, 3.63) is 66.9 Å². The lowest BCUT2D eigenvalue weighted by atomic mass is 10.2. The first-order valence-corrected chi connectivity index (χ1v) is 7.19. The molecule has 0 aliphatic heterocycles. The minimum atomic E-state index is 0.775. The van der Waals surface area contributed by atoms with E-state index in [0.29, 0.717) is 0 Å². The van der Waals surface area contributed by atoms with Gasteiger partial charge in [-0.15, -0.1) is 5.10 Å². The molecule has 4 rings (SSSR count). The lowest BCUT2D eigenvalue weighted by Gasteiger charge is -1.94. The molecule has 2 heterocycles. The summed E-state index contributed by atoms with van der Waals surface area (Å²) in [5.41, 5.74) is 2.25. The molecule has 2 aromatic heterocycles. The Hall–Kier alpha value is -2.46. The van der Waals surface area contributed by atoms with E-state index in [9.17, 15) is 0 Å². The smallest absolute Gasteiger partial charge is 0.210 e. The molecule has 0 saturated heterocycles. The van der Waals surface area contributed by atoms with Crippen LogP contribution in [0.4, 0.5) is 0 Å². The molecule has 96 valence electrons. The summed E-state index contributed by atoms with van der Waals surface area (Å²) in [6.07, 6.45) is 2.04. The maximum atomic E-state index is 4.60. The highest BCUT2D eigenvalue weighted by Crippen LogP contribution is 2.28. The molecular formula is C16H11N3S. The molecule has 0 radical (unpaired) electrons. The van der Waals surface area contributed by atoms with Crippen LogP contribution in [0.15, 0.2) is 66.9 Å². The van der Waals surface area contributed by atoms with Gasteiger partial charge in [0.1, 0.15) is 0 Å². The average molecular weight is 277 g/mol. The fraction of sp³-hybridized carbons (Fsp3) is 0. The maximum absolute atomic E-state index is 4.60. The molecular weight excluding hydrogens is 266 g/mol. The third-order valence-corrected chi connectivity index (χ3v) is 4.15. The Morgan fingerprint density at radius 2 is 1.45 bits per heavy atom. The maximum Gasteiger partial charge on any atom is 0.213 e. The highest BCUT2D eigenvalue weighted by molar-refractivity contribution is 7.20. The van der Waals surface area contributed by atoms with Gasteiger partial charge in [0.2, 0.25) is 4.96 Å². The molecule has 0 bridgehead atoms. The first-order valence-electron chi connectivity index (χ1n) is 6.37. The molecule has 0 aliphatic carbocycles. The van der Waals surface area contributed by atoms with Crippen molar-refractivity contribution in [3.63, 3.8) is 0 Å². The van der Waals surface area contributed by atoms with Gasteiger partial charge in [-0.2, -0.15) is 4.98 Å². The Labute approximate surface area is 120 Å². The lowest BCUT2D eigenvalue weighted by molar-refractivity contribution is 0.983. The van der Waals surface area contributed by atoms with Gasteiger partial charge in [0.05, 0.1) is 4.88 Å². The minimum absolute atomic E-state index is 0.775. The third-order valence-electron chi connectivity index (χ3n) is 3.13. The molecule has 0 amide bonds. The fourth-order valence-electron chi connectivity index (χ4n) is 2.14. The number of benzene rings is 2. The summed E-state index contributed by atoms with van der Waals surface area (Å²) in [5, 5.41) is 4.55. The van der Waals surface area contributed by atoms with Crippen molar-refractivity contribution in [1.82, 2.24) is 14.6 Å². The van der Waals surface area contributed by atoms with Crippen LogP contribution in [0.25, 0.3) is 26.8 Å². The Morgan fingerprint density at radius 3 is 2.10 bits per heavy atom. The van der Waals surface area contributed by atoms with Crippen LogP contribution in [0, 0.1) is 0 Å². The normalized spacial score (nSPS) is 11.0. The molecule has 0 N–H and O–H groups in total. The first kappa shape index (κ1) is 11.4. The summed E-state index contributed by atoms with van der Waals surface area (Å²) in [4.78, 5) is 6.70. The Morgan fingerprint density at radius 1 is 0.800 bits per heavy atom. The van der Waals surface area contributed by atoms with E-state index in [2.05, 4.69) is 22.2 Å². The topological polar surface area (TPSA) is 30.2 Å². The summed E-state index contributed by atoms with van der Waals surface area (Å²) in [7, 11) is 0. The van der Waals surface area contributed by atoms with Crippen LogP contribution in [0.3, 0.4) is 0 Å². The standard InChI is InChI=1S/C16H11N3S/c1-3-7-12(8-4-1)14-11-19-16(20-14)17-15(18-19)13-9-5-2-6-10-13/h1-11H. The van der Waals surface area contributed by atoms with Crippen molar-refractivity contribution in [2.75, 3.05) is 0 Å². The van der Waals surface area contributed by atoms with E-state index in [0.717, 1.165) is 16.3 Å². The zero-order valence-corrected chi connectivity index (χ0v) is 11.4. The van der Waals surface area contributed by atoms with Gasteiger partial charge in [-0.05, 0) is 5.56 Å². The van der Waals surface area contributed by atoms with Gasteiger partial charge in [0.25, 0.3) is 0 Å². The molecule has 3 nitrogen and oxygen atoms in total. The van der Waals surface area contributed by atoms with Crippen molar-refractivity contribution < 1.29 is 0 Å². The van der Waals surface area contributed by atoms with Crippen LogP contribution >= 0.6 is 11.3 Å². The van der Waals surface area contributed by atoms with Crippen molar-refractivity contribution in [3.8, 4) is 21.8 Å². The molecule has 4 heteroatoms. The summed E-state index contributed by atoms with van der Waals surface area (Å²) in [6.45, 7) is 0. The molecule has 2 aromatic carbocycles. The largest absolute Gasteiger partial charge is 0.213 e. The predicted molar refractivity (Wildman–Crippen MR) is 81.7 cm³/mol. The number of hydrogen-bond donors (Lipinski definition) is 0. The lowest BCUT2D eigenvalue weighted by Crippen LogP contribution is -1.83. The van der Waals surface area contributed by atoms with Gasteiger partial charge in [-0.3, -0.25) is 0 Å². The minimum Gasteiger partial charge on any atom is -0.210 e. The zero-order chi connectivity index (χ0) is 13.4. The second-order valence-electron chi connectivity index (χ2n) is 4.49. The average Bonchev–Trinajstić information content (AvgIpc) is 3.08. The van der Waals surface area contributed by atoms with Crippen LogP contribution in [0.5, 0.6) is 0 Å². The molecule has 0 aliphatic rings. The Balaban J connectivity index is 1.78. The predicted octanol–water partition coefficient (Wildman–Crippen LogP) is 4.12. The van der Waals surface area contributed by atoms with Crippen LogP contribution < -0.4 is 0 Å². The first-order chi connectivity index (χ1) is 9.90. The SMILES string of the molecule is c1ccc(-c2nc3sc(-c4ccccc4)cn3n2)cc1. The number of fused-ring (bicyclic) bond motifs is 1. The molecule has 0 spiro atoms. The van der Waals surface area contributed by atoms with Gasteiger partial charge in [0.15, 0.2) is 5.82 Å². The summed E-state index contributed by atoms with van der Waals surface area (Å²) in [5.74, 6) is 0.775. The number of thiazole rings is 1. The summed E-state index contributed by atoms with van der Waals surface area (Å²) >= 11 is 1.66. The second kappa shape index (κ2) is 4.58. The van der Waals surface area contributed by atoms with Crippen molar-refractivity contribution in [2.45, 2.75) is 0 Å². The van der Waals surface area contributed by atoms with Gasteiger partial charge >= 0.3 is 0 Å². The number of rotatable bonds is 2. The van der Waals surface area contributed by atoms with Crippen LogP contribution in [-0.2, 0) is 0 Å². The zero-order valence-electron chi connectivity index (χ0n) is 10.6. The molecule has 0 fully saturated rings. The van der Waals surface area contributed by atoms with E-state index in [1.54, 1.807) is 11.3 Å². The number of aromatic nitrogens is 3. The van der Waals surface area contributed by atoms with Gasteiger partial charge in [0, 0.05) is 11.8 Å². The monoisotopic (exact) mass is 277 g/mol. The molecule has 0 saturated carbocycles. The van der Waals surface area contributed by atoms with Crippen molar-refractivity contribution in [1.29, 1.82) is 0 Å². The number of nitrogens with zero attached hydrogens (tertiary/aromatic N) is 3. The van der Waals surface area contributed by atoms with E-state index in [-0.39, 0.29) is 0 Å². The number of hydrogen-bond acceptors (Lipinski definition) is 3. The van der Waals surface area contributed by atoms with Crippen molar-refractivity contribution >= 4 is 16.3 Å². The molecule has 4 aromatic rings. The third kappa shape index (κ3) is 1.90. The Kier molecular flexibility index (Phi) is 2.60. The summed E-state index contributed by atoms with van der Waals surface area (Å²) < 4.78 is 1.86. The highest BCUT2D eigenvalue weighted by atomic mass is 32.1. The fourth-order valence-corrected chi connectivity index (χ4v) is 3.07. The molecule has 20 heavy (non-hydrogen) atoms. The van der Waals surface area contributed by atoms with E-state index >= 15 is 0 Å². The molecule has 0 unspecified atom stereocenters. The second-order valence-corrected chi connectivity index (χ2v) is 5.50. The van der Waals surface area contributed by atoms with Crippen LogP contribution in [0.2, 0.25) is 0 Å². The van der Waals surface area contributed by atoms with E-state index in [1.807, 2.05) is 59.2 Å². The molecule has 0 atom stereocenters. The summed E-state index contributed by atoms with van der Waals surface area (Å²) in [6, 6.07) is 20.4. The van der Waals surface area contributed by atoms with Gasteiger partial charge in [-0.25, -0.2) is 4.52 Å². The van der Waals surface area contributed by atoms with E-state index in [4.69, 9.17) is 0 Å². The van der Waals surface area contributed by atoms with E-state index < -0.39 is 0 Å². The van der Waals surface area contributed by atoms with Crippen LogP contribution in [0.1, 0.15) is 0 Å². The van der Waals surface area contributed by atoms with Crippen LogP contribution in [-0.4, -0.2) is 14.6 Å². The Bertz CT molecular complexity index is 747. The van der Waals surface area contributed by atoms with Gasteiger partial charge < -0.3 is 0 Å². The van der Waals surface area contributed by atoms with Crippen molar-refractivity contribution in [2.24, 2.45) is 0 Å². The van der Waals surface area contributed by atoms with E-state index in [1.165, 1.54) is 10.4 Å².